The minimum Gasteiger partial charge on any atom is -0.379 e. The monoisotopic (exact) mass is 380 g/mol. The van der Waals surface area contributed by atoms with Crippen molar-refractivity contribution in [2.75, 3.05) is 11.5 Å². The molecule has 0 N–H and O–H groups in total. The van der Waals surface area contributed by atoms with Crippen LogP contribution in [0.15, 0.2) is 41.3 Å². The van der Waals surface area contributed by atoms with E-state index in [0.717, 1.165) is 17.1 Å². The highest BCUT2D eigenvalue weighted by molar-refractivity contribution is 8.19. The van der Waals surface area contributed by atoms with E-state index in [0.29, 0.717) is 21.5 Å². The number of thioether (sulfide) groups is 2. The molecule has 0 aromatic heterocycles. The average molecular weight is 381 g/mol. The molecule has 3 nitrogen and oxygen atoms in total. The highest BCUT2D eigenvalue weighted by Gasteiger charge is 2.23. The predicted octanol–water partition coefficient (Wildman–Crippen LogP) is 4.86. The Morgan fingerprint density at radius 1 is 0.958 bits per heavy atom. The first-order chi connectivity index (χ1) is 11.4. The molecule has 24 heavy (non-hydrogen) atoms. The summed E-state index contributed by atoms with van der Waals surface area (Å²) in [6.07, 6.45) is 0. The Labute approximate surface area is 152 Å². The molecule has 128 valence electrons. The fourth-order valence-electron chi connectivity index (χ4n) is 2.96. The molecule has 6 heteroatoms. The van der Waals surface area contributed by atoms with E-state index in [9.17, 15) is 8.42 Å². The van der Waals surface area contributed by atoms with E-state index in [1.54, 1.807) is 26.0 Å². The van der Waals surface area contributed by atoms with Crippen molar-refractivity contribution in [2.45, 2.75) is 30.2 Å². The molecule has 2 aromatic rings. The zero-order chi connectivity index (χ0) is 17.3. The first-order valence-corrected chi connectivity index (χ1v) is 11.2. The zero-order valence-corrected chi connectivity index (χ0v) is 16.4. The Morgan fingerprint density at radius 2 is 1.50 bits per heavy atom. The molecule has 2 aromatic carbocycles. The van der Waals surface area contributed by atoms with Gasteiger partial charge in [0.1, 0.15) is 10.6 Å². The molecule has 0 aliphatic carbocycles. The van der Waals surface area contributed by atoms with Crippen LogP contribution < -0.4 is 4.18 Å². The lowest BCUT2D eigenvalue weighted by molar-refractivity contribution is 0.485. The van der Waals surface area contributed by atoms with Gasteiger partial charge in [-0.1, -0.05) is 29.8 Å². The van der Waals surface area contributed by atoms with Crippen LogP contribution in [0.25, 0.3) is 0 Å². The van der Waals surface area contributed by atoms with E-state index in [-0.39, 0.29) is 4.90 Å². The molecule has 0 bridgehead atoms. The third-order valence-electron chi connectivity index (χ3n) is 3.83. The van der Waals surface area contributed by atoms with Crippen molar-refractivity contribution in [3.8, 4) is 5.75 Å². The highest BCUT2D eigenvalue weighted by Crippen LogP contribution is 2.45. The van der Waals surface area contributed by atoms with Crippen LogP contribution in [0.5, 0.6) is 5.75 Å². The van der Waals surface area contributed by atoms with E-state index < -0.39 is 10.1 Å². The number of hydrogen-bond donors (Lipinski definition) is 0. The predicted molar refractivity (Wildman–Crippen MR) is 103 cm³/mol. The Balaban J connectivity index is 1.84. The van der Waals surface area contributed by atoms with Crippen molar-refractivity contribution in [3.05, 3.63) is 58.7 Å². The van der Waals surface area contributed by atoms with Gasteiger partial charge in [-0.25, -0.2) is 0 Å². The van der Waals surface area contributed by atoms with E-state index in [2.05, 4.69) is 0 Å². The molecular weight excluding hydrogens is 360 g/mol. The number of rotatable bonds is 4. The van der Waals surface area contributed by atoms with Crippen LogP contribution in [-0.4, -0.2) is 19.9 Å². The molecule has 0 amide bonds. The van der Waals surface area contributed by atoms with Crippen LogP contribution in [0, 0.1) is 20.8 Å². The van der Waals surface area contributed by atoms with Gasteiger partial charge in [0, 0.05) is 11.5 Å². The SMILES string of the molecule is Cc1cc(C)c(S(=O)(=O)Oc2ccc(C3SCCS3)cc2)c(C)c1. The van der Waals surface area contributed by atoms with Crippen molar-refractivity contribution in [1.82, 2.24) is 0 Å². The second kappa shape index (κ2) is 7.02. The summed E-state index contributed by atoms with van der Waals surface area (Å²) in [5.74, 6) is 2.67. The van der Waals surface area contributed by atoms with Gasteiger partial charge < -0.3 is 4.18 Å². The third kappa shape index (κ3) is 3.76. The summed E-state index contributed by atoms with van der Waals surface area (Å²) in [6, 6.07) is 11.1. The summed E-state index contributed by atoms with van der Waals surface area (Å²) in [5.41, 5.74) is 3.67. The third-order valence-corrected chi connectivity index (χ3v) is 8.49. The largest absolute Gasteiger partial charge is 0.379 e. The van der Waals surface area contributed by atoms with Crippen LogP contribution in [0.1, 0.15) is 26.8 Å². The van der Waals surface area contributed by atoms with Gasteiger partial charge in [0.05, 0.1) is 4.58 Å². The van der Waals surface area contributed by atoms with Gasteiger partial charge in [0.25, 0.3) is 0 Å². The zero-order valence-electron chi connectivity index (χ0n) is 13.9. The highest BCUT2D eigenvalue weighted by atomic mass is 32.2. The lowest BCUT2D eigenvalue weighted by Gasteiger charge is -2.14. The topological polar surface area (TPSA) is 43.4 Å². The summed E-state index contributed by atoms with van der Waals surface area (Å²) in [4.78, 5) is 0.263. The van der Waals surface area contributed by atoms with E-state index >= 15 is 0 Å². The van der Waals surface area contributed by atoms with Gasteiger partial charge in [-0.3, -0.25) is 0 Å². The van der Waals surface area contributed by atoms with Gasteiger partial charge in [0.15, 0.2) is 0 Å². The summed E-state index contributed by atoms with van der Waals surface area (Å²) in [7, 11) is -3.83. The Morgan fingerprint density at radius 3 is 2.04 bits per heavy atom. The second-order valence-electron chi connectivity index (χ2n) is 5.91. The van der Waals surface area contributed by atoms with Crippen LogP contribution in [-0.2, 0) is 10.1 Å². The number of hydrogen-bond acceptors (Lipinski definition) is 5. The molecule has 0 radical (unpaired) electrons. The normalized spacial score (nSPS) is 15.6. The first kappa shape index (κ1) is 17.7. The summed E-state index contributed by atoms with van der Waals surface area (Å²) >= 11 is 3.84. The molecule has 1 fully saturated rings. The van der Waals surface area contributed by atoms with Gasteiger partial charge in [-0.05, 0) is 49.6 Å². The number of benzene rings is 2. The molecule has 1 heterocycles. The lowest BCUT2D eigenvalue weighted by Crippen LogP contribution is -2.13. The fraction of sp³-hybridized carbons (Fsp3) is 0.333. The molecular formula is C18H20O3S3. The Kier molecular flexibility index (Phi) is 5.18. The molecule has 0 atom stereocenters. The minimum atomic E-state index is -3.83. The fourth-order valence-corrected chi connectivity index (χ4v) is 7.17. The van der Waals surface area contributed by atoms with E-state index in [4.69, 9.17) is 4.18 Å². The molecule has 1 aliphatic heterocycles. The first-order valence-electron chi connectivity index (χ1n) is 7.72. The summed E-state index contributed by atoms with van der Waals surface area (Å²) in [6.45, 7) is 5.55. The Hall–Kier alpha value is -1.11. The minimum absolute atomic E-state index is 0.263. The average Bonchev–Trinajstić information content (AvgIpc) is 3.00. The summed E-state index contributed by atoms with van der Waals surface area (Å²) in [5, 5.41) is 0. The van der Waals surface area contributed by atoms with Crippen LogP contribution >= 0.6 is 23.5 Å². The maximum atomic E-state index is 12.7. The van der Waals surface area contributed by atoms with Crippen molar-refractivity contribution in [3.63, 3.8) is 0 Å². The van der Waals surface area contributed by atoms with Crippen molar-refractivity contribution in [2.24, 2.45) is 0 Å². The van der Waals surface area contributed by atoms with Crippen molar-refractivity contribution < 1.29 is 12.6 Å². The van der Waals surface area contributed by atoms with Gasteiger partial charge >= 0.3 is 10.1 Å². The molecule has 0 saturated carbocycles. The standard InChI is InChI=1S/C18H20O3S3/c1-12-10-13(2)17(14(3)11-12)24(19,20)21-16-6-4-15(5-7-16)18-22-8-9-23-18/h4-7,10-11,18H,8-9H2,1-3H3. The quantitative estimate of drug-likeness (QED) is 0.709. The van der Waals surface area contributed by atoms with Gasteiger partial charge in [-0.15, -0.1) is 23.5 Å². The molecule has 1 saturated heterocycles. The molecule has 3 rings (SSSR count). The van der Waals surface area contributed by atoms with Crippen molar-refractivity contribution >= 4 is 33.6 Å². The second-order valence-corrected chi connectivity index (χ2v) is 10.1. The Bertz CT molecular complexity index is 813. The molecule has 0 unspecified atom stereocenters. The van der Waals surface area contributed by atoms with Crippen LogP contribution in [0.2, 0.25) is 0 Å². The smallest absolute Gasteiger partial charge is 0.339 e. The lowest BCUT2D eigenvalue weighted by atomic mass is 10.1. The van der Waals surface area contributed by atoms with Crippen molar-refractivity contribution in [1.29, 1.82) is 0 Å². The maximum Gasteiger partial charge on any atom is 0.339 e. The van der Waals surface area contributed by atoms with Gasteiger partial charge in [0.2, 0.25) is 0 Å². The maximum absolute atomic E-state index is 12.7. The van der Waals surface area contributed by atoms with Crippen LogP contribution in [0.4, 0.5) is 0 Å². The summed E-state index contributed by atoms with van der Waals surface area (Å²) < 4.78 is 31.1. The molecule has 1 aliphatic rings. The van der Waals surface area contributed by atoms with Crippen LogP contribution in [0.3, 0.4) is 0 Å². The number of aryl methyl sites for hydroxylation is 3. The van der Waals surface area contributed by atoms with Gasteiger partial charge in [-0.2, -0.15) is 8.42 Å². The molecule has 0 spiro atoms. The van der Waals surface area contributed by atoms with E-state index in [1.807, 2.05) is 54.7 Å². The van der Waals surface area contributed by atoms with E-state index in [1.165, 1.54) is 5.56 Å².